The molecule has 0 aliphatic carbocycles. The lowest BCUT2D eigenvalue weighted by Gasteiger charge is -2.34. The second-order valence-electron chi connectivity index (χ2n) is 13.1. The van der Waals surface area contributed by atoms with E-state index >= 15 is 0 Å². The standard InChI is InChI=1S/C43H43Cl2N3O4/c1-30-8-14-37(15-9-30)50-23-18-33-10-12-34(13-11-33)28-47-19-21-48(22-20-47)42(49)25-31(2)36-24-32(3)43(40(45)26-36)52-41-17-16-38(27-46-41)51-29-35-6-4-5-7-39(35)44/h4-17,24-27H,18-23,28-29H2,1-3H3/b31-25-. The van der Waals surface area contributed by atoms with Gasteiger partial charge in [0.25, 0.3) is 0 Å². The molecule has 0 N–H and O–H groups in total. The minimum absolute atomic E-state index is 0.00417. The molecule has 7 nitrogen and oxygen atoms in total. The third kappa shape index (κ3) is 10.2. The Morgan fingerprint density at radius 2 is 1.52 bits per heavy atom. The summed E-state index contributed by atoms with van der Waals surface area (Å²) in [5, 5.41) is 1.09. The molecule has 1 aliphatic heterocycles. The highest BCUT2D eigenvalue weighted by Crippen LogP contribution is 2.35. The van der Waals surface area contributed by atoms with Crippen LogP contribution in [0.3, 0.4) is 0 Å². The fraction of sp³-hybridized carbons (Fsp3) is 0.256. The first-order valence-corrected chi connectivity index (χ1v) is 18.2. The number of hydrogen-bond acceptors (Lipinski definition) is 6. The molecule has 0 spiro atoms. The van der Waals surface area contributed by atoms with E-state index in [9.17, 15) is 4.79 Å². The number of pyridine rings is 1. The number of nitrogens with zero attached hydrogens (tertiary/aromatic N) is 3. The first kappa shape index (κ1) is 37.0. The van der Waals surface area contributed by atoms with E-state index in [0.717, 1.165) is 54.1 Å². The van der Waals surface area contributed by atoms with Crippen molar-refractivity contribution in [3.05, 3.63) is 153 Å². The van der Waals surface area contributed by atoms with Crippen LogP contribution in [0.15, 0.2) is 109 Å². The Hall–Kier alpha value is -4.82. The van der Waals surface area contributed by atoms with Crippen LogP contribution in [0, 0.1) is 13.8 Å². The van der Waals surface area contributed by atoms with Crippen LogP contribution in [0.5, 0.6) is 23.1 Å². The van der Waals surface area contributed by atoms with Gasteiger partial charge >= 0.3 is 0 Å². The lowest BCUT2D eigenvalue weighted by molar-refractivity contribution is -0.127. The number of benzene rings is 4. The number of amides is 1. The number of piperazine rings is 1. The van der Waals surface area contributed by atoms with Crippen LogP contribution in [0.2, 0.25) is 10.0 Å². The molecule has 4 aromatic carbocycles. The van der Waals surface area contributed by atoms with Gasteiger partial charge in [0.2, 0.25) is 11.8 Å². The van der Waals surface area contributed by atoms with Crippen LogP contribution >= 0.6 is 23.2 Å². The van der Waals surface area contributed by atoms with Crippen molar-refractivity contribution < 1.29 is 19.0 Å². The molecule has 2 heterocycles. The Kier molecular flexibility index (Phi) is 12.5. The van der Waals surface area contributed by atoms with Crippen molar-refractivity contribution in [2.45, 2.75) is 40.3 Å². The van der Waals surface area contributed by atoms with Gasteiger partial charge in [-0.05, 0) is 85.0 Å². The molecular formula is C43H43Cl2N3O4. The fourth-order valence-electron chi connectivity index (χ4n) is 5.96. The van der Waals surface area contributed by atoms with Gasteiger partial charge in [-0.25, -0.2) is 4.98 Å². The van der Waals surface area contributed by atoms with E-state index in [1.165, 1.54) is 16.7 Å². The van der Waals surface area contributed by atoms with Crippen LogP contribution in [-0.4, -0.2) is 53.5 Å². The van der Waals surface area contributed by atoms with Gasteiger partial charge in [0.15, 0.2) is 5.75 Å². The number of carbonyl (C=O) groups is 1. The second-order valence-corrected chi connectivity index (χ2v) is 13.9. The average Bonchev–Trinajstić information content (AvgIpc) is 3.15. The molecule has 0 unspecified atom stereocenters. The molecule has 0 saturated carbocycles. The predicted octanol–water partition coefficient (Wildman–Crippen LogP) is 9.75. The van der Waals surface area contributed by atoms with Crippen molar-refractivity contribution in [2.24, 2.45) is 0 Å². The van der Waals surface area contributed by atoms with Gasteiger partial charge in [-0.2, -0.15) is 0 Å². The Labute approximate surface area is 316 Å². The largest absolute Gasteiger partial charge is 0.493 e. The normalized spacial score (nSPS) is 13.6. The SMILES string of the molecule is C/C(=C/C(=O)N1CCN(Cc2ccc(CCOc3ccc(C)cc3)cc2)CC1)c1cc(C)c(Oc2ccc(OCc3ccccc3Cl)cn2)c(Cl)c1. The Balaban J connectivity index is 0.958. The minimum Gasteiger partial charge on any atom is -0.493 e. The lowest BCUT2D eigenvalue weighted by Crippen LogP contribution is -2.47. The van der Waals surface area contributed by atoms with E-state index in [1.54, 1.807) is 24.4 Å². The summed E-state index contributed by atoms with van der Waals surface area (Å²) in [4.78, 5) is 22.0. The van der Waals surface area contributed by atoms with Crippen molar-refractivity contribution in [2.75, 3.05) is 32.8 Å². The number of aryl methyl sites for hydroxylation is 2. The van der Waals surface area contributed by atoms with Crippen LogP contribution < -0.4 is 14.2 Å². The van der Waals surface area contributed by atoms with Crippen LogP contribution in [0.4, 0.5) is 0 Å². The molecule has 0 atom stereocenters. The molecule has 9 heteroatoms. The summed E-state index contributed by atoms with van der Waals surface area (Å²) >= 11 is 12.9. The second kappa shape index (κ2) is 17.6. The first-order valence-electron chi connectivity index (χ1n) is 17.5. The summed E-state index contributed by atoms with van der Waals surface area (Å²) in [6.45, 7) is 10.8. The van der Waals surface area contributed by atoms with Gasteiger partial charge in [-0.3, -0.25) is 9.69 Å². The van der Waals surface area contributed by atoms with E-state index in [4.69, 9.17) is 37.4 Å². The molecule has 5 aromatic rings. The third-order valence-electron chi connectivity index (χ3n) is 9.09. The molecule has 268 valence electrons. The van der Waals surface area contributed by atoms with E-state index in [1.807, 2.05) is 67.3 Å². The molecule has 0 bridgehead atoms. The number of hydrogen-bond donors (Lipinski definition) is 0. The smallest absolute Gasteiger partial charge is 0.246 e. The number of ether oxygens (including phenoxy) is 3. The van der Waals surface area contributed by atoms with E-state index in [-0.39, 0.29) is 5.91 Å². The topological polar surface area (TPSA) is 64.1 Å². The number of allylic oxidation sites excluding steroid dienone is 1. The maximum atomic E-state index is 13.3. The molecular weight excluding hydrogens is 693 g/mol. The van der Waals surface area contributed by atoms with Gasteiger partial charge in [-0.1, -0.05) is 83.4 Å². The quantitative estimate of drug-likeness (QED) is 0.112. The molecule has 1 amide bonds. The zero-order valence-corrected chi connectivity index (χ0v) is 31.3. The van der Waals surface area contributed by atoms with E-state index < -0.39 is 0 Å². The van der Waals surface area contributed by atoms with Gasteiger partial charge in [0, 0.05) is 61.9 Å². The highest BCUT2D eigenvalue weighted by Gasteiger charge is 2.21. The minimum atomic E-state index is 0.00417. The molecule has 1 aromatic heterocycles. The molecule has 6 rings (SSSR count). The summed E-state index contributed by atoms with van der Waals surface area (Å²) in [6.07, 6.45) is 4.16. The zero-order valence-electron chi connectivity index (χ0n) is 29.8. The molecule has 1 saturated heterocycles. The maximum absolute atomic E-state index is 13.3. The highest BCUT2D eigenvalue weighted by atomic mass is 35.5. The van der Waals surface area contributed by atoms with Gasteiger partial charge in [-0.15, -0.1) is 0 Å². The number of carbonyl (C=O) groups excluding carboxylic acids is 1. The van der Waals surface area contributed by atoms with Crippen LogP contribution in [0.25, 0.3) is 5.57 Å². The van der Waals surface area contributed by atoms with Gasteiger partial charge < -0.3 is 19.1 Å². The maximum Gasteiger partial charge on any atom is 0.246 e. The Bertz CT molecular complexity index is 1970. The third-order valence-corrected chi connectivity index (χ3v) is 9.74. The van der Waals surface area contributed by atoms with Crippen molar-refractivity contribution >= 4 is 34.7 Å². The van der Waals surface area contributed by atoms with Crippen molar-refractivity contribution in [3.63, 3.8) is 0 Å². The predicted molar refractivity (Wildman–Crippen MR) is 209 cm³/mol. The van der Waals surface area contributed by atoms with Crippen molar-refractivity contribution in [3.8, 4) is 23.1 Å². The van der Waals surface area contributed by atoms with E-state index in [0.29, 0.717) is 53.7 Å². The number of rotatable bonds is 13. The summed E-state index contributed by atoms with van der Waals surface area (Å²) < 4.78 is 17.8. The Morgan fingerprint density at radius 3 is 2.21 bits per heavy atom. The molecule has 1 aliphatic rings. The summed E-state index contributed by atoms with van der Waals surface area (Å²) in [7, 11) is 0. The van der Waals surface area contributed by atoms with Gasteiger partial charge in [0.05, 0.1) is 17.8 Å². The number of aromatic nitrogens is 1. The van der Waals surface area contributed by atoms with E-state index in [2.05, 4.69) is 53.2 Å². The lowest BCUT2D eigenvalue weighted by atomic mass is 10.0. The van der Waals surface area contributed by atoms with Crippen LogP contribution in [0.1, 0.15) is 40.3 Å². The molecule has 1 fully saturated rings. The molecule has 0 radical (unpaired) electrons. The van der Waals surface area contributed by atoms with Crippen LogP contribution in [-0.2, 0) is 24.4 Å². The zero-order chi connectivity index (χ0) is 36.5. The first-order chi connectivity index (χ1) is 25.2. The van der Waals surface area contributed by atoms with Gasteiger partial charge in [0.1, 0.15) is 18.1 Å². The number of halogens is 2. The monoisotopic (exact) mass is 735 g/mol. The molecule has 52 heavy (non-hydrogen) atoms. The van der Waals surface area contributed by atoms with Crippen molar-refractivity contribution in [1.29, 1.82) is 0 Å². The summed E-state index contributed by atoms with van der Waals surface area (Å²) in [6, 6.07) is 31.8. The highest BCUT2D eigenvalue weighted by molar-refractivity contribution is 6.32. The summed E-state index contributed by atoms with van der Waals surface area (Å²) in [5.41, 5.74) is 7.18. The fourth-order valence-corrected chi connectivity index (χ4v) is 6.45. The van der Waals surface area contributed by atoms with Crippen molar-refractivity contribution in [1.82, 2.24) is 14.8 Å². The Morgan fingerprint density at radius 1 is 0.808 bits per heavy atom. The summed E-state index contributed by atoms with van der Waals surface area (Å²) in [5.74, 6) is 2.41. The average molecular weight is 737 g/mol.